The van der Waals surface area contributed by atoms with Crippen LogP contribution in [-0.4, -0.2) is 30.3 Å². The summed E-state index contributed by atoms with van der Waals surface area (Å²) in [6.45, 7) is 2.97. The van der Waals surface area contributed by atoms with Gasteiger partial charge in [0.2, 0.25) is 10.0 Å². The highest BCUT2D eigenvalue weighted by Crippen LogP contribution is 2.35. The van der Waals surface area contributed by atoms with Crippen molar-refractivity contribution >= 4 is 10.0 Å². The van der Waals surface area contributed by atoms with Crippen molar-refractivity contribution in [2.24, 2.45) is 5.73 Å². The lowest BCUT2D eigenvalue weighted by molar-refractivity contribution is 0.214. The second-order valence-electron chi connectivity index (χ2n) is 4.82. The molecule has 0 atom stereocenters. The molecule has 3 N–H and O–H groups in total. The molecule has 1 heterocycles. The zero-order valence-electron chi connectivity index (χ0n) is 10.6. The maximum atomic E-state index is 12.2. The summed E-state index contributed by atoms with van der Waals surface area (Å²) in [5.41, 5.74) is 5.17. The highest BCUT2D eigenvalue weighted by atomic mass is 32.2. The van der Waals surface area contributed by atoms with Crippen molar-refractivity contribution in [3.63, 3.8) is 0 Å². The fourth-order valence-electron chi connectivity index (χ4n) is 2.21. The fraction of sp³-hybridized carbons (Fsp3) is 0.727. The number of nitrogens with two attached hydrogens (primary N) is 1. The average molecular weight is 272 g/mol. The van der Waals surface area contributed by atoms with Gasteiger partial charge in [-0.25, -0.2) is 13.1 Å². The topological polar surface area (TPSA) is 90.0 Å². The lowest BCUT2D eigenvalue weighted by Crippen LogP contribution is -2.52. The van der Waals surface area contributed by atoms with Crippen LogP contribution in [-0.2, 0) is 16.6 Å². The van der Waals surface area contributed by atoms with Crippen molar-refractivity contribution < 1.29 is 8.42 Å². The second kappa shape index (κ2) is 4.99. The summed E-state index contributed by atoms with van der Waals surface area (Å²) >= 11 is 0. The summed E-state index contributed by atoms with van der Waals surface area (Å²) in [6, 6.07) is 0. The van der Waals surface area contributed by atoms with Gasteiger partial charge in [-0.05, 0) is 25.7 Å². The molecule has 1 aliphatic carbocycles. The van der Waals surface area contributed by atoms with E-state index >= 15 is 0 Å². The molecule has 1 aliphatic rings. The molecule has 7 heteroatoms. The van der Waals surface area contributed by atoms with Crippen LogP contribution < -0.4 is 10.5 Å². The smallest absolute Gasteiger partial charge is 0.244 e. The molecule has 0 spiro atoms. The molecule has 2 rings (SSSR count). The average Bonchev–Trinajstić information content (AvgIpc) is 2.73. The maximum absolute atomic E-state index is 12.2. The molecule has 18 heavy (non-hydrogen) atoms. The van der Waals surface area contributed by atoms with Gasteiger partial charge < -0.3 is 5.73 Å². The van der Waals surface area contributed by atoms with Crippen LogP contribution in [0.1, 0.15) is 32.6 Å². The number of aromatic nitrogens is 2. The monoisotopic (exact) mass is 272 g/mol. The number of rotatable bonds is 6. The third-order valence-corrected chi connectivity index (χ3v) is 5.15. The van der Waals surface area contributed by atoms with E-state index in [-0.39, 0.29) is 10.4 Å². The molecule has 0 unspecified atom stereocenters. The molecule has 6 nitrogen and oxygen atoms in total. The van der Waals surface area contributed by atoms with Gasteiger partial charge in [0.25, 0.3) is 0 Å². The molecule has 0 amide bonds. The van der Waals surface area contributed by atoms with Crippen LogP contribution in [0.5, 0.6) is 0 Å². The minimum absolute atomic E-state index is 0.218. The molecule has 0 aromatic carbocycles. The van der Waals surface area contributed by atoms with Gasteiger partial charge in [-0.15, -0.1) is 0 Å². The first-order valence-corrected chi connectivity index (χ1v) is 7.76. The van der Waals surface area contributed by atoms with Gasteiger partial charge in [-0.2, -0.15) is 5.10 Å². The Morgan fingerprint density at radius 3 is 2.78 bits per heavy atom. The SMILES string of the molecule is CCC1(NS(=O)(=O)c2cnn(CCN)c2)CCC1. The Kier molecular flexibility index (Phi) is 3.74. The van der Waals surface area contributed by atoms with Crippen LogP contribution in [0.2, 0.25) is 0 Å². The predicted molar refractivity (Wildman–Crippen MR) is 68.5 cm³/mol. The summed E-state index contributed by atoms with van der Waals surface area (Å²) in [5, 5.41) is 3.99. The Morgan fingerprint density at radius 2 is 2.28 bits per heavy atom. The molecule has 0 radical (unpaired) electrons. The van der Waals surface area contributed by atoms with Gasteiger partial charge in [-0.1, -0.05) is 6.92 Å². The van der Waals surface area contributed by atoms with Crippen LogP contribution in [0.25, 0.3) is 0 Å². The standard InChI is InChI=1S/C11H20N4O2S/c1-2-11(4-3-5-11)14-18(16,17)10-8-13-15(9-10)7-6-12/h8-9,14H,2-7,12H2,1H3. The van der Waals surface area contributed by atoms with E-state index in [4.69, 9.17) is 5.73 Å². The van der Waals surface area contributed by atoms with E-state index in [2.05, 4.69) is 9.82 Å². The first-order chi connectivity index (χ1) is 8.51. The molecule has 1 fully saturated rings. The highest BCUT2D eigenvalue weighted by molar-refractivity contribution is 7.89. The maximum Gasteiger partial charge on any atom is 0.244 e. The molecule has 1 aromatic heterocycles. The summed E-state index contributed by atoms with van der Waals surface area (Å²) < 4.78 is 28.8. The largest absolute Gasteiger partial charge is 0.329 e. The van der Waals surface area contributed by atoms with Gasteiger partial charge in [0.05, 0.1) is 12.7 Å². The van der Waals surface area contributed by atoms with E-state index in [9.17, 15) is 8.42 Å². The Hall–Kier alpha value is -0.920. The van der Waals surface area contributed by atoms with Gasteiger partial charge in [0.15, 0.2) is 0 Å². The van der Waals surface area contributed by atoms with Crippen molar-refractivity contribution in [3.05, 3.63) is 12.4 Å². The highest BCUT2D eigenvalue weighted by Gasteiger charge is 2.39. The number of nitrogens with zero attached hydrogens (tertiary/aromatic N) is 2. The third kappa shape index (κ3) is 2.57. The Balaban J connectivity index is 2.14. The second-order valence-corrected chi connectivity index (χ2v) is 6.50. The Morgan fingerprint density at radius 1 is 1.56 bits per heavy atom. The van der Waals surface area contributed by atoms with Crippen LogP contribution in [0.15, 0.2) is 17.3 Å². The van der Waals surface area contributed by atoms with Crippen molar-refractivity contribution in [1.29, 1.82) is 0 Å². The third-order valence-electron chi connectivity index (χ3n) is 3.62. The van der Waals surface area contributed by atoms with E-state index < -0.39 is 10.0 Å². The predicted octanol–water partition coefficient (Wildman–Crippen LogP) is 0.453. The molecule has 0 saturated heterocycles. The van der Waals surface area contributed by atoms with E-state index in [0.29, 0.717) is 13.1 Å². The molecular formula is C11H20N4O2S. The van der Waals surface area contributed by atoms with Gasteiger partial charge in [0, 0.05) is 18.3 Å². The summed E-state index contributed by atoms with van der Waals surface area (Å²) in [4.78, 5) is 0.218. The Labute approximate surface area is 108 Å². The summed E-state index contributed by atoms with van der Waals surface area (Å²) in [7, 11) is -3.46. The van der Waals surface area contributed by atoms with Crippen molar-refractivity contribution in [3.8, 4) is 0 Å². The zero-order valence-corrected chi connectivity index (χ0v) is 11.4. The number of sulfonamides is 1. The van der Waals surface area contributed by atoms with Crippen molar-refractivity contribution in [2.45, 2.75) is 49.6 Å². The molecule has 1 saturated carbocycles. The van der Waals surface area contributed by atoms with Crippen molar-refractivity contribution in [1.82, 2.24) is 14.5 Å². The van der Waals surface area contributed by atoms with Crippen LogP contribution in [0.4, 0.5) is 0 Å². The lowest BCUT2D eigenvalue weighted by Gasteiger charge is -2.41. The number of hydrogen-bond donors (Lipinski definition) is 2. The zero-order chi connectivity index (χ0) is 13.2. The van der Waals surface area contributed by atoms with Gasteiger partial charge in [-0.3, -0.25) is 4.68 Å². The molecule has 0 aliphatic heterocycles. The van der Waals surface area contributed by atoms with Gasteiger partial charge >= 0.3 is 0 Å². The summed E-state index contributed by atoms with van der Waals surface area (Å²) in [6.07, 6.45) is 6.64. The quantitative estimate of drug-likeness (QED) is 0.787. The van der Waals surface area contributed by atoms with Crippen molar-refractivity contribution in [2.75, 3.05) is 6.54 Å². The van der Waals surface area contributed by atoms with Crippen LogP contribution >= 0.6 is 0 Å². The van der Waals surface area contributed by atoms with E-state index in [0.717, 1.165) is 25.7 Å². The van der Waals surface area contributed by atoms with Gasteiger partial charge in [0.1, 0.15) is 4.90 Å². The number of nitrogens with one attached hydrogen (secondary N) is 1. The van der Waals surface area contributed by atoms with E-state index in [1.807, 2.05) is 6.92 Å². The fourth-order valence-corrected chi connectivity index (χ4v) is 3.70. The van der Waals surface area contributed by atoms with E-state index in [1.165, 1.54) is 12.4 Å². The van der Waals surface area contributed by atoms with E-state index in [1.54, 1.807) is 4.68 Å². The lowest BCUT2D eigenvalue weighted by atomic mass is 9.76. The minimum atomic E-state index is -3.46. The minimum Gasteiger partial charge on any atom is -0.329 e. The Bertz CT molecular complexity index is 499. The number of hydrogen-bond acceptors (Lipinski definition) is 4. The van der Waals surface area contributed by atoms with Crippen LogP contribution in [0.3, 0.4) is 0 Å². The first kappa shape index (κ1) is 13.5. The first-order valence-electron chi connectivity index (χ1n) is 6.28. The van der Waals surface area contributed by atoms with Crippen LogP contribution in [0, 0.1) is 0 Å². The molecule has 1 aromatic rings. The molecule has 102 valence electrons. The molecular weight excluding hydrogens is 252 g/mol. The molecule has 0 bridgehead atoms. The summed E-state index contributed by atoms with van der Waals surface area (Å²) in [5.74, 6) is 0. The normalized spacial score (nSPS) is 18.6.